The Labute approximate surface area is 116 Å². The predicted octanol–water partition coefficient (Wildman–Crippen LogP) is 2.72. The van der Waals surface area contributed by atoms with Crippen molar-refractivity contribution < 1.29 is 14.2 Å². The van der Waals surface area contributed by atoms with Gasteiger partial charge in [-0.1, -0.05) is 20.8 Å². The number of rotatable bonds is 8. The number of ether oxygens (including phenoxy) is 3. The highest BCUT2D eigenvalue weighted by atomic mass is 16.5. The number of methoxy groups -OCH3 is 2. The van der Waals surface area contributed by atoms with Gasteiger partial charge in [-0.2, -0.15) is 0 Å². The zero-order valence-electron chi connectivity index (χ0n) is 12.5. The van der Waals surface area contributed by atoms with E-state index in [1.165, 1.54) is 0 Å². The van der Waals surface area contributed by atoms with Crippen molar-refractivity contribution in [2.24, 2.45) is 5.92 Å². The topological polar surface area (TPSA) is 39.7 Å². The fourth-order valence-corrected chi connectivity index (χ4v) is 1.72. The quantitative estimate of drug-likeness (QED) is 0.786. The van der Waals surface area contributed by atoms with Crippen LogP contribution >= 0.6 is 0 Å². The second kappa shape index (κ2) is 7.89. The Kier molecular flexibility index (Phi) is 6.50. The first-order chi connectivity index (χ1) is 9.10. The van der Waals surface area contributed by atoms with Crippen LogP contribution in [0.3, 0.4) is 0 Å². The molecular weight excluding hydrogens is 242 g/mol. The Bertz CT molecular complexity index is 357. The van der Waals surface area contributed by atoms with Gasteiger partial charge >= 0.3 is 0 Å². The van der Waals surface area contributed by atoms with E-state index in [0.717, 1.165) is 30.3 Å². The molecule has 0 spiro atoms. The summed E-state index contributed by atoms with van der Waals surface area (Å²) in [5, 5.41) is 3.32. The monoisotopic (exact) mass is 267 g/mol. The molecule has 0 aliphatic heterocycles. The molecule has 0 amide bonds. The number of likely N-dealkylation sites (N-methyl/N-ethyl adjacent to an activating group) is 1. The molecule has 1 aromatic carbocycles. The van der Waals surface area contributed by atoms with Crippen LogP contribution in [0.1, 0.15) is 20.8 Å². The molecule has 108 valence electrons. The van der Waals surface area contributed by atoms with Crippen LogP contribution in [0.15, 0.2) is 18.2 Å². The van der Waals surface area contributed by atoms with E-state index < -0.39 is 0 Å². The van der Waals surface area contributed by atoms with Gasteiger partial charge in [-0.25, -0.2) is 0 Å². The average Bonchev–Trinajstić information content (AvgIpc) is 2.42. The van der Waals surface area contributed by atoms with E-state index in [0.29, 0.717) is 5.92 Å². The van der Waals surface area contributed by atoms with Crippen molar-refractivity contribution in [2.45, 2.75) is 26.9 Å². The molecule has 1 aromatic rings. The van der Waals surface area contributed by atoms with Gasteiger partial charge in [-0.05, 0) is 12.5 Å². The minimum absolute atomic E-state index is 0.122. The summed E-state index contributed by atoms with van der Waals surface area (Å²) in [6.45, 7) is 8.16. The van der Waals surface area contributed by atoms with Crippen molar-refractivity contribution in [1.29, 1.82) is 0 Å². The summed E-state index contributed by atoms with van der Waals surface area (Å²) in [7, 11) is 3.27. The minimum Gasteiger partial charge on any atom is -0.496 e. The third kappa shape index (κ3) is 4.99. The molecule has 0 heterocycles. The maximum absolute atomic E-state index is 6.04. The molecule has 0 fully saturated rings. The fourth-order valence-electron chi connectivity index (χ4n) is 1.72. The number of nitrogens with one attached hydrogen (secondary N) is 1. The molecule has 0 aliphatic rings. The van der Waals surface area contributed by atoms with E-state index in [-0.39, 0.29) is 6.10 Å². The first-order valence-corrected chi connectivity index (χ1v) is 6.71. The average molecular weight is 267 g/mol. The lowest BCUT2D eigenvalue weighted by molar-refractivity contribution is 0.148. The normalized spacial score (nSPS) is 12.3. The summed E-state index contributed by atoms with van der Waals surface area (Å²) in [6, 6.07) is 5.59. The van der Waals surface area contributed by atoms with Crippen molar-refractivity contribution in [3.05, 3.63) is 18.2 Å². The Balaban J connectivity index is 2.82. The molecule has 0 aliphatic carbocycles. The minimum atomic E-state index is 0.122. The molecule has 1 rings (SSSR count). The molecular formula is C15H25NO3. The van der Waals surface area contributed by atoms with E-state index >= 15 is 0 Å². The predicted molar refractivity (Wildman–Crippen MR) is 77.3 cm³/mol. The molecule has 1 atom stereocenters. The van der Waals surface area contributed by atoms with Crippen LogP contribution in [0.2, 0.25) is 0 Å². The number of hydrogen-bond donors (Lipinski definition) is 1. The van der Waals surface area contributed by atoms with Gasteiger partial charge in [0, 0.05) is 24.7 Å². The molecule has 0 saturated heterocycles. The SMILES string of the molecule is CCNCC(Oc1cc(OC)cc(OC)c1)C(C)C. The van der Waals surface area contributed by atoms with E-state index in [1.807, 2.05) is 18.2 Å². The highest BCUT2D eigenvalue weighted by Crippen LogP contribution is 2.28. The van der Waals surface area contributed by atoms with E-state index in [1.54, 1.807) is 14.2 Å². The largest absolute Gasteiger partial charge is 0.496 e. The second-order valence-electron chi connectivity index (χ2n) is 4.76. The molecule has 0 aromatic heterocycles. The first-order valence-electron chi connectivity index (χ1n) is 6.71. The summed E-state index contributed by atoms with van der Waals surface area (Å²) in [4.78, 5) is 0. The third-order valence-electron chi connectivity index (χ3n) is 2.95. The van der Waals surface area contributed by atoms with Crippen LogP contribution in [0.4, 0.5) is 0 Å². The van der Waals surface area contributed by atoms with Gasteiger partial charge in [0.25, 0.3) is 0 Å². The van der Waals surface area contributed by atoms with Gasteiger partial charge in [0.2, 0.25) is 0 Å². The van der Waals surface area contributed by atoms with Gasteiger partial charge in [0.05, 0.1) is 14.2 Å². The Morgan fingerprint density at radius 2 is 1.53 bits per heavy atom. The smallest absolute Gasteiger partial charge is 0.127 e. The Hall–Kier alpha value is -1.42. The van der Waals surface area contributed by atoms with Gasteiger partial charge < -0.3 is 19.5 Å². The van der Waals surface area contributed by atoms with E-state index in [9.17, 15) is 0 Å². The van der Waals surface area contributed by atoms with Gasteiger partial charge in [-0.3, -0.25) is 0 Å². The molecule has 4 heteroatoms. The Morgan fingerprint density at radius 1 is 1.00 bits per heavy atom. The number of benzene rings is 1. The molecule has 19 heavy (non-hydrogen) atoms. The Morgan fingerprint density at radius 3 is 1.95 bits per heavy atom. The summed E-state index contributed by atoms with van der Waals surface area (Å²) < 4.78 is 16.5. The van der Waals surface area contributed by atoms with Crippen molar-refractivity contribution in [2.75, 3.05) is 27.3 Å². The van der Waals surface area contributed by atoms with Crippen LogP contribution < -0.4 is 19.5 Å². The van der Waals surface area contributed by atoms with Crippen LogP contribution in [0.5, 0.6) is 17.2 Å². The molecule has 4 nitrogen and oxygen atoms in total. The lowest BCUT2D eigenvalue weighted by Gasteiger charge is -2.23. The maximum atomic E-state index is 6.04. The second-order valence-corrected chi connectivity index (χ2v) is 4.76. The molecule has 0 bridgehead atoms. The highest BCUT2D eigenvalue weighted by Gasteiger charge is 2.15. The zero-order chi connectivity index (χ0) is 14.3. The summed E-state index contributed by atoms with van der Waals surface area (Å²) in [5.74, 6) is 2.67. The third-order valence-corrected chi connectivity index (χ3v) is 2.95. The molecule has 0 radical (unpaired) electrons. The van der Waals surface area contributed by atoms with Gasteiger partial charge in [0.15, 0.2) is 0 Å². The van der Waals surface area contributed by atoms with Crippen LogP contribution in [-0.4, -0.2) is 33.4 Å². The zero-order valence-corrected chi connectivity index (χ0v) is 12.5. The van der Waals surface area contributed by atoms with Crippen LogP contribution in [-0.2, 0) is 0 Å². The van der Waals surface area contributed by atoms with Crippen molar-refractivity contribution in [1.82, 2.24) is 5.32 Å². The number of hydrogen-bond acceptors (Lipinski definition) is 4. The van der Waals surface area contributed by atoms with Crippen molar-refractivity contribution in [3.63, 3.8) is 0 Å². The summed E-state index contributed by atoms with van der Waals surface area (Å²) in [6.07, 6.45) is 0.122. The van der Waals surface area contributed by atoms with Crippen LogP contribution in [0, 0.1) is 5.92 Å². The molecule has 1 N–H and O–H groups in total. The van der Waals surface area contributed by atoms with Gasteiger partial charge in [-0.15, -0.1) is 0 Å². The summed E-state index contributed by atoms with van der Waals surface area (Å²) in [5.41, 5.74) is 0. The first kappa shape index (κ1) is 15.6. The van der Waals surface area contributed by atoms with Crippen LogP contribution in [0.25, 0.3) is 0 Å². The fraction of sp³-hybridized carbons (Fsp3) is 0.600. The standard InChI is InChI=1S/C15H25NO3/c1-6-16-10-15(11(2)3)19-14-8-12(17-4)7-13(9-14)18-5/h7-9,11,15-16H,6,10H2,1-5H3. The lowest BCUT2D eigenvalue weighted by atomic mass is 10.1. The summed E-state index contributed by atoms with van der Waals surface area (Å²) >= 11 is 0. The molecule has 1 unspecified atom stereocenters. The maximum Gasteiger partial charge on any atom is 0.127 e. The highest BCUT2D eigenvalue weighted by molar-refractivity contribution is 5.42. The van der Waals surface area contributed by atoms with E-state index in [4.69, 9.17) is 14.2 Å². The van der Waals surface area contributed by atoms with E-state index in [2.05, 4.69) is 26.1 Å². The molecule has 0 saturated carbocycles. The van der Waals surface area contributed by atoms with Gasteiger partial charge in [0.1, 0.15) is 23.4 Å². The lowest BCUT2D eigenvalue weighted by Crippen LogP contribution is -2.35. The van der Waals surface area contributed by atoms with Crippen molar-refractivity contribution >= 4 is 0 Å². The van der Waals surface area contributed by atoms with Crippen molar-refractivity contribution in [3.8, 4) is 17.2 Å².